The number of imidazole rings is 1. The summed E-state index contributed by atoms with van der Waals surface area (Å²) in [6, 6.07) is 10.5. The lowest BCUT2D eigenvalue weighted by Gasteiger charge is -2.25. The van der Waals surface area contributed by atoms with E-state index in [-0.39, 0.29) is 17.6 Å². The molecule has 198 valence electrons. The monoisotopic (exact) mass is 526 g/mol. The number of nitrogens with zero attached hydrogens (tertiary/aromatic N) is 5. The van der Waals surface area contributed by atoms with E-state index in [1.54, 1.807) is 12.4 Å². The largest absolute Gasteiger partial charge is 0.381 e. The fourth-order valence-corrected chi connectivity index (χ4v) is 5.40. The lowest BCUT2D eigenvalue weighted by Crippen LogP contribution is -2.37. The molecule has 2 aliphatic rings. The van der Waals surface area contributed by atoms with Crippen LogP contribution in [-0.4, -0.2) is 52.5 Å². The van der Waals surface area contributed by atoms with Crippen LogP contribution in [0.15, 0.2) is 48.8 Å². The van der Waals surface area contributed by atoms with Gasteiger partial charge in [0.25, 0.3) is 12.5 Å². The Bertz CT molecular complexity index is 1650. The van der Waals surface area contributed by atoms with Crippen LogP contribution >= 0.6 is 0 Å². The first kappa shape index (κ1) is 25.0. The summed E-state index contributed by atoms with van der Waals surface area (Å²) in [5.41, 5.74) is 5.07. The Morgan fingerprint density at radius 2 is 2.13 bits per heavy atom. The van der Waals surface area contributed by atoms with Crippen molar-refractivity contribution in [2.45, 2.75) is 31.5 Å². The molecule has 1 amide bonds. The predicted octanol–water partition coefficient (Wildman–Crippen LogP) is 4.72. The predicted molar refractivity (Wildman–Crippen MR) is 147 cm³/mol. The number of anilines is 2. The molecule has 6 rings (SSSR count). The Morgan fingerprint density at radius 1 is 1.28 bits per heavy atom. The number of hydrogen-bond acceptors (Lipinski definition) is 6. The van der Waals surface area contributed by atoms with Crippen LogP contribution in [0.4, 0.5) is 15.9 Å². The van der Waals surface area contributed by atoms with E-state index >= 15 is 0 Å². The van der Waals surface area contributed by atoms with Gasteiger partial charge in [0.1, 0.15) is 17.3 Å². The van der Waals surface area contributed by atoms with Crippen molar-refractivity contribution in [2.24, 2.45) is 0 Å². The summed E-state index contributed by atoms with van der Waals surface area (Å²) < 4.78 is 21.2. The summed E-state index contributed by atoms with van der Waals surface area (Å²) in [7, 11) is 3.83. The van der Waals surface area contributed by atoms with Gasteiger partial charge in [-0.25, -0.2) is 19.3 Å². The summed E-state index contributed by atoms with van der Waals surface area (Å²) >= 11 is 0. The quantitative estimate of drug-likeness (QED) is 0.378. The topological polar surface area (TPSA) is 88.1 Å². The summed E-state index contributed by atoms with van der Waals surface area (Å²) in [6.45, 7) is 9.56. The summed E-state index contributed by atoms with van der Waals surface area (Å²) in [4.78, 5) is 28.5. The van der Waals surface area contributed by atoms with Crippen LogP contribution in [0.3, 0.4) is 0 Å². The van der Waals surface area contributed by atoms with Crippen LogP contribution in [0.25, 0.3) is 21.7 Å². The molecule has 0 radical (unpaired) electrons. The van der Waals surface area contributed by atoms with Crippen molar-refractivity contribution in [1.29, 1.82) is 0 Å². The highest BCUT2D eigenvalue weighted by molar-refractivity contribution is 6.06. The number of pyridine rings is 2. The molecule has 0 aliphatic carbocycles. The van der Waals surface area contributed by atoms with E-state index in [4.69, 9.17) is 16.3 Å². The highest BCUT2D eigenvalue weighted by atomic mass is 19.1. The number of hydrogen-bond donors (Lipinski definition) is 2. The van der Waals surface area contributed by atoms with Crippen molar-refractivity contribution < 1.29 is 13.9 Å². The van der Waals surface area contributed by atoms with Crippen LogP contribution in [0.5, 0.6) is 0 Å². The molecule has 0 spiro atoms. The second-order valence-corrected chi connectivity index (χ2v) is 10.3. The molecule has 39 heavy (non-hydrogen) atoms. The Kier molecular flexibility index (Phi) is 6.05. The molecule has 2 N–H and O–H groups in total. The van der Waals surface area contributed by atoms with E-state index in [0.717, 1.165) is 34.5 Å². The van der Waals surface area contributed by atoms with Gasteiger partial charge in [-0.05, 0) is 49.8 Å². The third-order valence-corrected chi connectivity index (χ3v) is 7.85. The number of carbonyl (C=O) groups excluding carboxylic acids is 1. The first-order valence-corrected chi connectivity index (χ1v) is 12.8. The van der Waals surface area contributed by atoms with E-state index in [1.807, 2.05) is 54.6 Å². The second-order valence-electron chi connectivity index (χ2n) is 10.3. The summed E-state index contributed by atoms with van der Waals surface area (Å²) in [5.74, 6) is 0.247. The highest BCUT2D eigenvalue weighted by Gasteiger charge is 2.45. The average Bonchev–Trinajstić information content (AvgIpc) is 3.69. The van der Waals surface area contributed by atoms with Crippen LogP contribution in [0.1, 0.15) is 46.4 Å². The first-order chi connectivity index (χ1) is 18.8. The van der Waals surface area contributed by atoms with Crippen LogP contribution in [0.2, 0.25) is 0 Å². The van der Waals surface area contributed by atoms with E-state index in [0.29, 0.717) is 42.5 Å². The van der Waals surface area contributed by atoms with E-state index in [9.17, 15) is 9.18 Å². The van der Waals surface area contributed by atoms with Crippen LogP contribution in [-0.2, 0) is 16.9 Å². The smallest absolute Gasteiger partial charge is 0.376 e. The minimum Gasteiger partial charge on any atom is -0.381 e. The second kappa shape index (κ2) is 9.45. The summed E-state index contributed by atoms with van der Waals surface area (Å²) in [5, 5.41) is 6.30. The van der Waals surface area contributed by atoms with Gasteiger partial charge in [-0.3, -0.25) is 9.20 Å². The van der Waals surface area contributed by atoms with Gasteiger partial charge >= 0.3 is 5.66 Å². The molecule has 0 saturated carbocycles. The maximum absolute atomic E-state index is 13.7. The standard InChI is InChI=1S/C29H28FN7O2/c1-29(31-2,36(3)4)27-19(17-10-12-39-16-17)6-8-24(35-27)34-22-7-5-20(21-14-33-28(38)26(21)22)23-15-32-25-13-18(30)9-11-37(23)25/h2,5-9,11,13,15,17H,10,12,14,16H2,1,3-4H3,(H-,33,34,35,38)/p+1/t17-,29+/m0/s1. The van der Waals surface area contributed by atoms with Gasteiger partial charge in [0, 0.05) is 43.8 Å². The molecular formula is C29H29FN7O2+. The van der Waals surface area contributed by atoms with Crippen molar-refractivity contribution in [1.82, 2.24) is 24.6 Å². The SMILES string of the molecule is C#[N+][C@@](C)(c1nc(Nc2ccc(-c3cnc4cc(F)ccn34)c3c2C(=O)NC3)ccc1[C@H]1CCOC1)N(C)C. The van der Waals surface area contributed by atoms with Gasteiger partial charge in [0.15, 0.2) is 5.69 Å². The van der Waals surface area contributed by atoms with Gasteiger partial charge in [-0.1, -0.05) is 17.0 Å². The maximum Gasteiger partial charge on any atom is 0.376 e. The number of aromatic nitrogens is 3. The van der Waals surface area contributed by atoms with E-state index in [2.05, 4.69) is 20.5 Å². The fraction of sp³-hybridized carbons (Fsp3) is 0.310. The molecule has 1 aromatic carbocycles. The maximum atomic E-state index is 13.7. The number of carbonyl (C=O) groups is 1. The zero-order chi connectivity index (χ0) is 27.3. The third kappa shape index (κ3) is 4.11. The summed E-state index contributed by atoms with van der Waals surface area (Å²) in [6.07, 6.45) is 4.24. The lowest BCUT2D eigenvalue weighted by molar-refractivity contribution is 0.0966. The number of rotatable bonds is 6. The Balaban J connectivity index is 1.42. The van der Waals surface area contributed by atoms with Gasteiger partial charge < -0.3 is 15.4 Å². The minimum absolute atomic E-state index is 0.177. The third-order valence-electron chi connectivity index (χ3n) is 7.85. The van der Waals surface area contributed by atoms with E-state index in [1.165, 1.54) is 12.1 Å². The Hall–Kier alpha value is -4.33. The normalized spacial score (nSPS) is 18.2. The molecule has 2 aliphatic heterocycles. The average molecular weight is 527 g/mol. The molecule has 0 bridgehead atoms. The number of nitrogens with one attached hydrogen (secondary N) is 2. The number of ether oxygens (including phenoxy) is 1. The van der Waals surface area contributed by atoms with Crippen LogP contribution < -0.4 is 10.6 Å². The van der Waals surface area contributed by atoms with Crippen molar-refractivity contribution in [3.63, 3.8) is 0 Å². The zero-order valence-corrected chi connectivity index (χ0v) is 22.0. The molecule has 3 aromatic heterocycles. The van der Waals surface area contributed by atoms with Crippen molar-refractivity contribution in [2.75, 3.05) is 32.6 Å². The molecule has 4 aromatic rings. The first-order valence-electron chi connectivity index (χ1n) is 12.8. The molecule has 5 heterocycles. The minimum atomic E-state index is -0.860. The number of fused-ring (bicyclic) bond motifs is 2. The van der Waals surface area contributed by atoms with Gasteiger partial charge in [-0.2, -0.15) is 0 Å². The zero-order valence-electron chi connectivity index (χ0n) is 22.0. The molecule has 10 heteroatoms. The molecule has 1 saturated heterocycles. The highest BCUT2D eigenvalue weighted by Crippen LogP contribution is 2.39. The van der Waals surface area contributed by atoms with Crippen molar-refractivity contribution in [3.8, 4) is 17.8 Å². The van der Waals surface area contributed by atoms with Gasteiger partial charge in [0.2, 0.25) is 0 Å². The number of benzene rings is 1. The van der Waals surface area contributed by atoms with Crippen molar-refractivity contribution in [3.05, 3.63) is 81.8 Å². The van der Waals surface area contributed by atoms with E-state index < -0.39 is 5.66 Å². The lowest BCUT2D eigenvalue weighted by atomic mass is 9.91. The van der Waals surface area contributed by atoms with Gasteiger partial charge in [-0.15, -0.1) is 0 Å². The molecule has 0 unspecified atom stereocenters. The van der Waals surface area contributed by atoms with Crippen molar-refractivity contribution >= 4 is 23.1 Å². The molecule has 1 fully saturated rings. The molecule has 9 nitrogen and oxygen atoms in total. The Labute approximate surface area is 225 Å². The van der Waals surface area contributed by atoms with Gasteiger partial charge in [0.05, 0.1) is 29.7 Å². The fourth-order valence-electron chi connectivity index (χ4n) is 5.40. The molecular weight excluding hydrogens is 497 g/mol. The number of halogens is 1. The molecule has 2 atom stereocenters. The Morgan fingerprint density at radius 3 is 2.87 bits per heavy atom. The number of amides is 1. The van der Waals surface area contributed by atoms with Crippen LogP contribution in [0, 0.1) is 12.4 Å².